The minimum atomic E-state index is -0.452. The Morgan fingerprint density at radius 1 is 1.08 bits per heavy atom. The number of nitrogens with one attached hydrogen (secondary N) is 2. The maximum Gasteiger partial charge on any atom is 0.292 e. The van der Waals surface area contributed by atoms with Crippen LogP contribution in [0.5, 0.6) is 11.5 Å². The minimum absolute atomic E-state index is 0.0395. The Kier molecular flexibility index (Phi) is 5.54. The summed E-state index contributed by atoms with van der Waals surface area (Å²) in [6.07, 6.45) is 0. The largest absolute Gasteiger partial charge is 0.497 e. The topological polar surface area (TPSA) is 85.7 Å². The van der Waals surface area contributed by atoms with Crippen LogP contribution in [0.2, 0.25) is 0 Å². The van der Waals surface area contributed by atoms with Gasteiger partial charge in [-0.05, 0) is 30.8 Å². The van der Waals surface area contributed by atoms with Gasteiger partial charge in [0.05, 0.1) is 19.1 Å². The molecule has 2 N–H and O–H groups in total. The Hall–Kier alpha value is -2.87. The summed E-state index contributed by atoms with van der Waals surface area (Å²) in [6, 6.07) is 10.1. The molecule has 0 radical (unpaired) electrons. The number of thiocarbonyl (C=S) groups is 1. The Balaban J connectivity index is 2.18. The van der Waals surface area contributed by atoms with Crippen molar-refractivity contribution in [3.8, 4) is 11.5 Å². The Labute approximate surface area is 144 Å². The summed E-state index contributed by atoms with van der Waals surface area (Å²) < 4.78 is 10.4. The van der Waals surface area contributed by atoms with Gasteiger partial charge in [0, 0.05) is 30.0 Å². The molecule has 0 aliphatic heterocycles. The highest BCUT2D eigenvalue weighted by Gasteiger charge is 2.15. The van der Waals surface area contributed by atoms with Gasteiger partial charge in [0.1, 0.15) is 17.2 Å². The van der Waals surface area contributed by atoms with E-state index in [4.69, 9.17) is 21.7 Å². The van der Waals surface area contributed by atoms with Gasteiger partial charge in [-0.2, -0.15) is 0 Å². The van der Waals surface area contributed by atoms with Gasteiger partial charge < -0.3 is 20.1 Å². The number of nitrogens with zero attached hydrogens (tertiary/aromatic N) is 1. The summed E-state index contributed by atoms with van der Waals surface area (Å²) in [5.74, 6) is 1.20. The predicted molar refractivity (Wildman–Crippen MR) is 97.2 cm³/mol. The lowest BCUT2D eigenvalue weighted by Gasteiger charge is -2.13. The van der Waals surface area contributed by atoms with Crippen LogP contribution in [0.15, 0.2) is 36.4 Å². The van der Waals surface area contributed by atoms with E-state index in [2.05, 4.69) is 10.6 Å². The number of methoxy groups -OCH3 is 2. The van der Waals surface area contributed by atoms with Crippen LogP contribution in [-0.2, 0) is 0 Å². The second kappa shape index (κ2) is 7.60. The Morgan fingerprint density at radius 3 is 2.25 bits per heavy atom. The van der Waals surface area contributed by atoms with Gasteiger partial charge in [-0.25, -0.2) is 0 Å². The number of anilines is 2. The van der Waals surface area contributed by atoms with Crippen LogP contribution in [0.25, 0.3) is 0 Å². The predicted octanol–water partition coefficient (Wildman–Crippen LogP) is 3.73. The number of rotatable bonds is 5. The number of nitro benzene ring substituents is 1. The lowest BCUT2D eigenvalue weighted by Crippen LogP contribution is -2.19. The molecular weight excluding hydrogens is 330 g/mol. The summed E-state index contributed by atoms with van der Waals surface area (Å²) in [5, 5.41) is 17.2. The summed E-state index contributed by atoms with van der Waals surface area (Å²) in [6.45, 7) is 1.79. The van der Waals surface area contributed by atoms with Gasteiger partial charge in [-0.3, -0.25) is 10.1 Å². The van der Waals surface area contributed by atoms with Gasteiger partial charge in [0.2, 0.25) is 0 Å². The first-order chi connectivity index (χ1) is 11.4. The van der Waals surface area contributed by atoms with Crippen molar-refractivity contribution in [3.63, 3.8) is 0 Å². The lowest BCUT2D eigenvalue weighted by atomic mass is 10.2. The fourth-order valence-corrected chi connectivity index (χ4v) is 2.29. The van der Waals surface area contributed by atoms with E-state index in [0.717, 1.165) is 5.56 Å². The SMILES string of the molecule is COc1cc(NC(=S)Nc2ccc(C)cc2[N+](=O)[O-])cc(OC)c1. The number of nitro groups is 1. The van der Waals surface area contributed by atoms with Crippen LogP contribution in [0.4, 0.5) is 17.1 Å². The van der Waals surface area contributed by atoms with Gasteiger partial charge in [0.15, 0.2) is 5.11 Å². The van der Waals surface area contributed by atoms with E-state index in [1.807, 2.05) is 0 Å². The first-order valence-corrected chi connectivity index (χ1v) is 7.40. The van der Waals surface area contributed by atoms with E-state index in [-0.39, 0.29) is 10.8 Å². The zero-order valence-corrected chi connectivity index (χ0v) is 14.3. The molecule has 0 aromatic heterocycles. The minimum Gasteiger partial charge on any atom is -0.497 e. The van der Waals surface area contributed by atoms with Crippen LogP contribution < -0.4 is 20.1 Å². The molecular formula is C16H17N3O4S. The molecule has 8 heteroatoms. The molecule has 2 rings (SSSR count). The standard InChI is InChI=1S/C16H17N3O4S/c1-10-4-5-14(15(6-10)19(20)21)18-16(24)17-11-7-12(22-2)9-13(8-11)23-3/h4-9H,1-3H3,(H2,17,18,24). The highest BCUT2D eigenvalue weighted by atomic mass is 32.1. The smallest absolute Gasteiger partial charge is 0.292 e. The summed E-state index contributed by atoms with van der Waals surface area (Å²) >= 11 is 5.23. The van der Waals surface area contributed by atoms with Crippen molar-refractivity contribution in [1.29, 1.82) is 0 Å². The second-order valence-corrected chi connectivity index (χ2v) is 5.37. The molecule has 0 bridgehead atoms. The van der Waals surface area contributed by atoms with Crippen molar-refractivity contribution >= 4 is 34.4 Å². The third kappa shape index (κ3) is 4.32. The van der Waals surface area contributed by atoms with Gasteiger partial charge in [-0.15, -0.1) is 0 Å². The molecule has 0 heterocycles. The summed E-state index contributed by atoms with van der Waals surface area (Å²) in [5.41, 5.74) is 1.71. The fraction of sp³-hybridized carbons (Fsp3) is 0.188. The molecule has 0 amide bonds. The quantitative estimate of drug-likeness (QED) is 0.484. The van der Waals surface area contributed by atoms with Crippen molar-refractivity contribution in [2.75, 3.05) is 24.9 Å². The van der Waals surface area contributed by atoms with Crippen LogP contribution in [0.3, 0.4) is 0 Å². The molecule has 0 saturated heterocycles. The van der Waals surface area contributed by atoms with Crippen molar-refractivity contribution in [2.24, 2.45) is 0 Å². The van der Waals surface area contributed by atoms with Crippen LogP contribution >= 0.6 is 12.2 Å². The maximum atomic E-state index is 11.1. The highest BCUT2D eigenvalue weighted by Crippen LogP contribution is 2.27. The van der Waals surface area contributed by atoms with Crippen LogP contribution in [0.1, 0.15) is 5.56 Å². The maximum absolute atomic E-state index is 11.1. The molecule has 2 aromatic carbocycles. The number of hydrogen-bond acceptors (Lipinski definition) is 5. The molecule has 0 aliphatic rings. The van der Waals surface area contributed by atoms with E-state index in [9.17, 15) is 10.1 Å². The third-order valence-corrected chi connectivity index (χ3v) is 3.41. The molecule has 2 aromatic rings. The molecule has 0 spiro atoms. The first kappa shape index (κ1) is 17.5. The average Bonchev–Trinajstić information content (AvgIpc) is 2.55. The summed E-state index contributed by atoms with van der Waals surface area (Å²) in [7, 11) is 3.09. The van der Waals surface area contributed by atoms with Crippen molar-refractivity contribution in [2.45, 2.75) is 6.92 Å². The highest BCUT2D eigenvalue weighted by molar-refractivity contribution is 7.80. The van der Waals surface area contributed by atoms with Gasteiger partial charge in [-0.1, -0.05) is 6.07 Å². The molecule has 7 nitrogen and oxygen atoms in total. The second-order valence-electron chi connectivity index (χ2n) is 4.96. The van der Waals surface area contributed by atoms with Crippen molar-refractivity contribution in [1.82, 2.24) is 0 Å². The average molecular weight is 347 g/mol. The Bertz CT molecular complexity index is 758. The van der Waals surface area contributed by atoms with Crippen molar-refractivity contribution in [3.05, 3.63) is 52.1 Å². The molecule has 0 atom stereocenters. The molecule has 0 aliphatic carbocycles. The summed E-state index contributed by atoms with van der Waals surface area (Å²) in [4.78, 5) is 10.7. The van der Waals surface area contributed by atoms with Crippen LogP contribution in [0, 0.1) is 17.0 Å². The zero-order valence-electron chi connectivity index (χ0n) is 13.5. The fourth-order valence-electron chi connectivity index (χ4n) is 2.06. The first-order valence-electron chi connectivity index (χ1n) is 6.99. The van der Waals surface area contributed by atoms with Gasteiger partial charge >= 0.3 is 0 Å². The lowest BCUT2D eigenvalue weighted by molar-refractivity contribution is -0.383. The molecule has 0 fully saturated rings. The van der Waals surface area contributed by atoms with E-state index < -0.39 is 4.92 Å². The number of benzene rings is 2. The third-order valence-electron chi connectivity index (χ3n) is 3.21. The van der Waals surface area contributed by atoms with E-state index >= 15 is 0 Å². The normalized spacial score (nSPS) is 9.96. The molecule has 0 unspecified atom stereocenters. The van der Waals surface area contributed by atoms with Crippen LogP contribution in [-0.4, -0.2) is 24.3 Å². The van der Waals surface area contributed by atoms with Crippen molar-refractivity contribution < 1.29 is 14.4 Å². The molecule has 126 valence electrons. The van der Waals surface area contributed by atoms with E-state index in [1.54, 1.807) is 51.5 Å². The number of hydrogen-bond donors (Lipinski definition) is 2. The van der Waals surface area contributed by atoms with Gasteiger partial charge in [0.25, 0.3) is 5.69 Å². The number of aryl methyl sites for hydroxylation is 1. The number of ether oxygens (including phenoxy) is 2. The zero-order chi connectivity index (χ0) is 17.7. The van der Waals surface area contributed by atoms with E-state index in [1.165, 1.54) is 6.07 Å². The molecule has 0 saturated carbocycles. The Morgan fingerprint density at radius 2 is 1.71 bits per heavy atom. The monoisotopic (exact) mass is 347 g/mol. The van der Waals surface area contributed by atoms with E-state index in [0.29, 0.717) is 22.9 Å². The molecule has 24 heavy (non-hydrogen) atoms.